The molecule has 2 aromatic heterocycles. The Hall–Kier alpha value is -1.97. The molecule has 0 unspecified atom stereocenters. The van der Waals surface area contributed by atoms with Crippen molar-refractivity contribution in [1.82, 2.24) is 14.4 Å². The van der Waals surface area contributed by atoms with Crippen LogP contribution in [0.4, 0.5) is 0 Å². The third-order valence-electron chi connectivity index (χ3n) is 3.91. The molecule has 0 bridgehead atoms. The van der Waals surface area contributed by atoms with Crippen LogP contribution in [0.3, 0.4) is 0 Å². The number of sulfonamides is 1. The summed E-state index contributed by atoms with van der Waals surface area (Å²) in [5.41, 5.74) is 1.17. The number of rotatable bonds is 4. The molecular formula is C16H21N3O5S. The van der Waals surface area contributed by atoms with Crippen LogP contribution >= 0.6 is 0 Å². The molecule has 136 valence electrons. The molecule has 1 aliphatic rings. The van der Waals surface area contributed by atoms with E-state index in [4.69, 9.17) is 14.0 Å². The number of hydrogen-bond acceptors (Lipinski definition) is 7. The van der Waals surface area contributed by atoms with Crippen LogP contribution in [0.2, 0.25) is 0 Å². The lowest BCUT2D eigenvalue weighted by atomic mass is 10.3. The average molecular weight is 367 g/mol. The molecule has 2 aromatic rings. The third-order valence-corrected chi connectivity index (χ3v) is 6.02. The normalized spacial score (nSPS) is 19.6. The van der Waals surface area contributed by atoms with Crippen molar-refractivity contribution in [3.8, 4) is 5.88 Å². The molecule has 1 atom stereocenters. The summed E-state index contributed by atoms with van der Waals surface area (Å²) in [7, 11) is -3.74. The fourth-order valence-electron chi connectivity index (χ4n) is 2.77. The first-order valence-corrected chi connectivity index (χ1v) is 9.43. The van der Waals surface area contributed by atoms with Crippen molar-refractivity contribution in [3.05, 3.63) is 35.3 Å². The lowest BCUT2D eigenvalue weighted by Crippen LogP contribution is -2.40. The van der Waals surface area contributed by atoms with Gasteiger partial charge < -0.3 is 14.0 Å². The summed E-state index contributed by atoms with van der Waals surface area (Å²) >= 11 is 0. The van der Waals surface area contributed by atoms with Gasteiger partial charge in [0.1, 0.15) is 16.7 Å². The van der Waals surface area contributed by atoms with E-state index in [1.54, 1.807) is 19.9 Å². The highest BCUT2D eigenvalue weighted by Gasteiger charge is 2.34. The van der Waals surface area contributed by atoms with E-state index in [0.717, 1.165) is 5.69 Å². The summed E-state index contributed by atoms with van der Waals surface area (Å²) in [5.74, 6) is 0.727. The molecule has 0 spiro atoms. The first kappa shape index (κ1) is 17.8. The molecule has 25 heavy (non-hydrogen) atoms. The van der Waals surface area contributed by atoms with Crippen LogP contribution in [0.5, 0.6) is 5.88 Å². The number of nitrogens with zero attached hydrogens (tertiary/aromatic N) is 3. The molecule has 1 saturated heterocycles. The molecule has 0 aromatic carbocycles. The van der Waals surface area contributed by atoms with Crippen LogP contribution in [-0.2, 0) is 14.8 Å². The van der Waals surface area contributed by atoms with Crippen molar-refractivity contribution in [3.63, 3.8) is 0 Å². The molecule has 0 amide bonds. The van der Waals surface area contributed by atoms with Gasteiger partial charge in [-0.1, -0.05) is 11.2 Å². The van der Waals surface area contributed by atoms with Gasteiger partial charge in [-0.25, -0.2) is 13.4 Å². The summed E-state index contributed by atoms with van der Waals surface area (Å²) in [6.07, 6.45) is -0.452. The first-order chi connectivity index (χ1) is 11.9. The van der Waals surface area contributed by atoms with E-state index >= 15 is 0 Å². The minimum atomic E-state index is -3.74. The first-order valence-electron chi connectivity index (χ1n) is 7.99. The Bertz CT molecular complexity index is 830. The molecule has 1 fully saturated rings. The van der Waals surface area contributed by atoms with Crippen molar-refractivity contribution in [2.24, 2.45) is 0 Å². The van der Waals surface area contributed by atoms with Gasteiger partial charge in [0, 0.05) is 18.3 Å². The van der Waals surface area contributed by atoms with Gasteiger partial charge >= 0.3 is 0 Å². The molecular weight excluding hydrogens is 346 g/mol. The quantitative estimate of drug-likeness (QED) is 0.807. The molecule has 8 nitrogen and oxygen atoms in total. The molecule has 0 aliphatic carbocycles. The lowest BCUT2D eigenvalue weighted by molar-refractivity contribution is 0.0696. The highest BCUT2D eigenvalue weighted by molar-refractivity contribution is 7.89. The smallest absolute Gasteiger partial charge is 0.248 e. The fraction of sp³-hybridized carbons (Fsp3) is 0.500. The second-order valence-corrected chi connectivity index (χ2v) is 7.82. The minimum absolute atomic E-state index is 0.113. The summed E-state index contributed by atoms with van der Waals surface area (Å²) < 4.78 is 43.7. The van der Waals surface area contributed by atoms with Crippen LogP contribution in [0.15, 0.2) is 27.6 Å². The lowest BCUT2D eigenvalue weighted by Gasteiger charge is -2.23. The van der Waals surface area contributed by atoms with Gasteiger partial charge in [-0.2, -0.15) is 4.31 Å². The maximum absolute atomic E-state index is 13.0. The number of aromatic nitrogens is 2. The zero-order valence-corrected chi connectivity index (χ0v) is 15.2. The summed E-state index contributed by atoms with van der Waals surface area (Å²) in [4.78, 5) is 4.41. The van der Waals surface area contributed by atoms with Crippen molar-refractivity contribution >= 4 is 10.0 Å². The number of pyridine rings is 1. The van der Waals surface area contributed by atoms with Gasteiger partial charge in [0.15, 0.2) is 5.76 Å². The Morgan fingerprint density at radius 3 is 2.76 bits per heavy atom. The second-order valence-electron chi connectivity index (χ2n) is 5.95. The fourth-order valence-corrected chi connectivity index (χ4v) is 4.51. The van der Waals surface area contributed by atoms with Crippen LogP contribution in [0.25, 0.3) is 0 Å². The summed E-state index contributed by atoms with van der Waals surface area (Å²) in [5, 5.41) is 3.74. The Morgan fingerprint density at radius 2 is 2.08 bits per heavy atom. The van der Waals surface area contributed by atoms with E-state index in [2.05, 4.69) is 10.1 Å². The second kappa shape index (κ2) is 7.11. The predicted molar refractivity (Wildman–Crippen MR) is 88.9 cm³/mol. The molecule has 0 N–H and O–H groups in total. The number of aryl methyl sites for hydroxylation is 3. The van der Waals surface area contributed by atoms with Gasteiger partial charge in [0.25, 0.3) is 0 Å². The highest BCUT2D eigenvalue weighted by atomic mass is 32.2. The average Bonchev–Trinajstić information content (AvgIpc) is 2.75. The van der Waals surface area contributed by atoms with Crippen molar-refractivity contribution in [1.29, 1.82) is 0 Å². The zero-order chi connectivity index (χ0) is 18.0. The van der Waals surface area contributed by atoms with E-state index in [0.29, 0.717) is 24.8 Å². The molecule has 1 aliphatic heterocycles. The van der Waals surface area contributed by atoms with Crippen molar-refractivity contribution < 1.29 is 22.4 Å². The topological polar surface area (TPSA) is 94.8 Å². The Balaban J connectivity index is 1.82. The van der Waals surface area contributed by atoms with Gasteiger partial charge in [-0.15, -0.1) is 0 Å². The Labute approximate surface area is 146 Å². The zero-order valence-electron chi connectivity index (χ0n) is 14.4. The van der Waals surface area contributed by atoms with Gasteiger partial charge in [-0.05, 0) is 26.8 Å². The van der Waals surface area contributed by atoms with Gasteiger partial charge in [0.2, 0.25) is 15.9 Å². The van der Waals surface area contributed by atoms with Gasteiger partial charge in [0.05, 0.1) is 19.8 Å². The van der Waals surface area contributed by atoms with E-state index in [9.17, 15) is 8.42 Å². The molecule has 0 radical (unpaired) electrons. The van der Waals surface area contributed by atoms with E-state index in [-0.39, 0.29) is 23.7 Å². The van der Waals surface area contributed by atoms with Crippen molar-refractivity contribution in [2.75, 3.05) is 26.3 Å². The summed E-state index contributed by atoms with van der Waals surface area (Å²) in [6.45, 7) is 6.07. The van der Waals surface area contributed by atoms with E-state index in [1.165, 1.54) is 4.31 Å². The number of ether oxygens (including phenoxy) is 2. The van der Waals surface area contributed by atoms with Crippen LogP contribution in [-0.4, -0.2) is 55.3 Å². The number of hydrogen-bond donors (Lipinski definition) is 0. The maximum Gasteiger partial charge on any atom is 0.248 e. The highest BCUT2D eigenvalue weighted by Crippen LogP contribution is 2.24. The SMILES string of the molecule is Cc1cccc(O[C@H]2COCCN(S(=O)(=O)c3c(C)noc3C)C2)n1. The van der Waals surface area contributed by atoms with Crippen LogP contribution < -0.4 is 4.74 Å². The van der Waals surface area contributed by atoms with Crippen molar-refractivity contribution in [2.45, 2.75) is 31.8 Å². The maximum atomic E-state index is 13.0. The summed E-state index contributed by atoms with van der Waals surface area (Å²) in [6, 6.07) is 5.45. The van der Waals surface area contributed by atoms with E-state index < -0.39 is 16.1 Å². The Morgan fingerprint density at radius 1 is 1.28 bits per heavy atom. The monoisotopic (exact) mass is 367 g/mol. The Kier molecular flexibility index (Phi) is 5.07. The molecule has 0 saturated carbocycles. The van der Waals surface area contributed by atoms with Crippen LogP contribution in [0.1, 0.15) is 17.1 Å². The third kappa shape index (κ3) is 3.83. The molecule has 3 heterocycles. The predicted octanol–water partition coefficient (Wildman–Crippen LogP) is 1.46. The molecule has 3 rings (SSSR count). The van der Waals surface area contributed by atoms with Crippen LogP contribution in [0, 0.1) is 20.8 Å². The largest absolute Gasteiger partial charge is 0.470 e. The standard InChI is InChI=1S/C16H21N3O5S/c1-11-5-4-6-15(17-11)23-14-9-19(7-8-22-10-14)25(20,21)16-12(2)18-24-13(16)3/h4-6,14H,7-10H2,1-3H3/t14-/m1/s1. The minimum Gasteiger partial charge on any atom is -0.470 e. The van der Waals surface area contributed by atoms with E-state index in [1.807, 2.05) is 19.1 Å². The molecule has 9 heteroatoms. The van der Waals surface area contributed by atoms with Gasteiger partial charge in [-0.3, -0.25) is 0 Å².